The molecule has 23 heavy (non-hydrogen) atoms. The molecular weight excluding hydrogens is 306 g/mol. The van der Waals surface area contributed by atoms with Gasteiger partial charge in [-0.2, -0.15) is 5.26 Å². The van der Waals surface area contributed by atoms with Crippen LogP contribution in [0.2, 0.25) is 0 Å². The topological polar surface area (TPSA) is 58.7 Å². The zero-order valence-electron chi connectivity index (χ0n) is 12.9. The number of thiazole rings is 1. The third kappa shape index (κ3) is 2.94. The molecule has 2 heterocycles. The van der Waals surface area contributed by atoms with Crippen molar-refractivity contribution >= 4 is 34.5 Å². The molecular formula is C18H15N3OS. The Hall–Kier alpha value is -2.71. The fraction of sp³-hybridized carbons (Fsp3) is 0.167. The van der Waals surface area contributed by atoms with Gasteiger partial charge in [0.05, 0.1) is 11.2 Å². The van der Waals surface area contributed by atoms with Crippen LogP contribution in [0.3, 0.4) is 0 Å². The first kappa shape index (κ1) is 15.2. The minimum Gasteiger partial charge on any atom is -0.322 e. The second-order valence-electron chi connectivity index (χ2n) is 5.49. The van der Waals surface area contributed by atoms with E-state index in [1.807, 2.05) is 30.5 Å². The second kappa shape index (κ2) is 6.19. The van der Waals surface area contributed by atoms with Crippen LogP contribution in [0.1, 0.15) is 36.0 Å². The van der Waals surface area contributed by atoms with Crippen LogP contribution in [-0.2, 0) is 0 Å². The van der Waals surface area contributed by atoms with E-state index in [1.54, 1.807) is 34.2 Å². The summed E-state index contributed by atoms with van der Waals surface area (Å²) >= 11 is 1.58. The molecule has 0 fully saturated rings. The fourth-order valence-electron chi connectivity index (χ4n) is 2.29. The van der Waals surface area contributed by atoms with Gasteiger partial charge in [0, 0.05) is 23.2 Å². The van der Waals surface area contributed by atoms with Crippen LogP contribution in [-0.4, -0.2) is 9.55 Å². The standard InChI is InChI=1S/C18H15N3OS/c1-12(2)15-11-23-17(20-15)7-8-21-10-13(9-19)18(22)14-5-3-4-6-16(14)21/h3-8,10-12H,1-2H3/b8-7+. The first-order valence-electron chi connectivity index (χ1n) is 7.27. The zero-order chi connectivity index (χ0) is 16.4. The summed E-state index contributed by atoms with van der Waals surface area (Å²) in [5, 5.41) is 12.6. The Morgan fingerprint density at radius 3 is 2.83 bits per heavy atom. The summed E-state index contributed by atoms with van der Waals surface area (Å²) in [6, 6.07) is 9.24. The van der Waals surface area contributed by atoms with E-state index >= 15 is 0 Å². The van der Waals surface area contributed by atoms with Gasteiger partial charge in [0.1, 0.15) is 16.6 Å². The summed E-state index contributed by atoms with van der Waals surface area (Å²) < 4.78 is 1.80. The summed E-state index contributed by atoms with van der Waals surface area (Å²) in [7, 11) is 0. The average molecular weight is 321 g/mol. The molecule has 0 aliphatic heterocycles. The molecule has 4 nitrogen and oxygen atoms in total. The smallest absolute Gasteiger partial charge is 0.207 e. The second-order valence-corrected chi connectivity index (χ2v) is 6.38. The quantitative estimate of drug-likeness (QED) is 0.730. The van der Waals surface area contributed by atoms with Gasteiger partial charge in [-0.3, -0.25) is 4.79 Å². The van der Waals surface area contributed by atoms with E-state index < -0.39 is 0 Å². The number of nitrogens with zero attached hydrogens (tertiary/aromatic N) is 3. The van der Waals surface area contributed by atoms with E-state index in [1.165, 1.54) is 0 Å². The van der Waals surface area contributed by atoms with Crippen LogP contribution in [0, 0.1) is 11.3 Å². The van der Waals surface area contributed by atoms with Crippen molar-refractivity contribution in [3.8, 4) is 6.07 Å². The van der Waals surface area contributed by atoms with Gasteiger partial charge in [0.2, 0.25) is 5.43 Å². The molecule has 5 heteroatoms. The molecule has 3 rings (SSSR count). The summed E-state index contributed by atoms with van der Waals surface area (Å²) in [5.41, 5.74) is 1.74. The minimum atomic E-state index is -0.232. The summed E-state index contributed by atoms with van der Waals surface area (Å²) in [5.74, 6) is 0.395. The number of rotatable bonds is 3. The highest BCUT2D eigenvalue weighted by Crippen LogP contribution is 2.19. The zero-order valence-corrected chi connectivity index (χ0v) is 13.7. The van der Waals surface area contributed by atoms with E-state index in [0.29, 0.717) is 11.3 Å². The maximum Gasteiger partial charge on any atom is 0.207 e. The number of pyridine rings is 1. The van der Waals surface area contributed by atoms with E-state index in [2.05, 4.69) is 24.2 Å². The summed E-state index contributed by atoms with van der Waals surface area (Å²) in [6.07, 6.45) is 5.30. The van der Waals surface area contributed by atoms with Gasteiger partial charge in [0.25, 0.3) is 0 Å². The van der Waals surface area contributed by atoms with E-state index in [4.69, 9.17) is 5.26 Å². The van der Waals surface area contributed by atoms with Crippen molar-refractivity contribution in [3.63, 3.8) is 0 Å². The van der Waals surface area contributed by atoms with Gasteiger partial charge >= 0.3 is 0 Å². The van der Waals surface area contributed by atoms with Crippen LogP contribution >= 0.6 is 11.3 Å². The van der Waals surface area contributed by atoms with Crippen molar-refractivity contribution in [2.75, 3.05) is 0 Å². The minimum absolute atomic E-state index is 0.135. The first-order chi connectivity index (χ1) is 11.1. The van der Waals surface area contributed by atoms with Crippen LogP contribution in [0.4, 0.5) is 0 Å². The van der Waals surface area contributed by atoms with Gasteiger partial charge in [0.15, 0.2) is 0 Å². The Labute approximate surface area is 138 Å². The lowest BCUT2D eigenvalue weighted by molar-refractivity contribution is 0.832. The molecule has 1 aromatic carbocycles. The number of hydrogen-bond acceptors (Lipinski definition) is 4. The SMILES string of the molecule is CC(C)c1csc(/C=C/n2cc(C#N)c(=O)c3ccccc32)n1. The lowest BCUT2D eigenvalue weighted by Crippen LogP contribution is -2.10. The number of fused-ring (bicyclic) bond motifs is 1. The molecule has 0 amide bonds. The van der Waals surface area contributed by atoms with Crippen molar-refractivity contribution in [3.05, 3.63) is 62.3 Å². The van der Waals surface area contributed by atoms with Crippen LogP contribution in [0.15, 0.2) is 40.6 Å². The van der Waals surface area contributed by atoms with Crippen LogP contribution < -0.4 is 5.43 Å². The highest BCUT2D eigenvalue weighted by molar-refractivity contribution is 7.10. The molecule has 0 saturated heterocycles. The number of benzene rings is 1. The third-order valence-corrected chi connectivity index (χ3v) is 4.40. The lowest BCUT2D eigenvalue weighted by Gasteiger charge is -2.06. The summed E-state index contributed by atoms with van der Waals surface area (Å²) in [4.78, 5) is 16.8. The number of aromatic nitrogens is 2. The molecule has 3 aromatic rings. The summed E-state index contributed by atoms with van der Waals surface area (Å²) in [6.45, 7) is 4.22. The normalized spacial score (nSPS) is 11.4. The molecule has 0 aliphatic carbocycles. The van der Waals surface area contributed by atoms with Crippen molar-refractivity contribution in [2.45, 2.75) is 19.8 Å². The molecule has 0 saturated carbocycles. The van der Waals surface area contributed by atoms with Gasteiger partial charge in [-0.25, -0.2) is 4.98 Å². The Balaban J connectivity index is 2.09. The Kier molecular flexibility index (Phi) is 4.09. The highest BCUT2D eigenvalue weighted by atomic mass is 32.1. The van der Waals surface area contributed by atoms with Gasteiger partial charge < -0.3 is 4.57 Å². The van der Waals surface area contributed by atoms with Crippen molar-refractivity contribution < 1.29 is 0 Å². The number of para-hydroxylation sites is 1. The maximum atomic E-state index is 12.2. The molecule has 0 bridgehead atoms. The van der Waals surface area contributed by atoms with Gasteiger partial charge in [-0.05, 0) is 24.1 Å². The van der Waals surface area contributed by atoms with E-state index in [0.717, 1.165) is 16.2 Å². The fourth-order valence-corrected chi connectivity index (χ4v) is 3.16. The van der Waals surface area contributed by atoms with E-state index in [9.17, 15) is 4.79 Å². The monoisotopic (exact) mass is 321 g/mol. The molecule has 0 spiro atoms. The molecule has 0 atom stereocenters. The molecule has 2 aromatic heterocycles. The Bertz CT molecular complexity index is 989. The third-order valence-electron chi connectivity index (χ3n) is 3.57. The highest BCUT2D eigenvalue weighted by Gasteiger charge is 2.07. The molecule has 0 unspecified atom stereocenters. The number of nitriles is 1. The first-order valence-corrected chi connectivity index (χ1v) is 8.15. The average Bonchev–Trinajstić information content (AvgIpc) is 3.04. The van der Waals surface area contributed by atoms with Crippen molar-refractivity contribution in [1.29, 1.82) is 5.26 Å². The Morgan fingerprint density at radius 2 is 2.13 bits per heavy atom. The molecule has 0 radical (unpaired) electrons. The molecule has 0 aliphatic rings. The maximum absolute atomic E-state index is 12.2. The van der Waals surface area contributed by atoms with Crippen LogP contribution in [0.5, 0.6) is 0 Å². The van der Waals surface area contributed by atoms with Crippen molar-refractivity contribution in [1.82, 2.24) is 9.55 Å². The molecule has 114 valence electrons. The van der Waals surface area contributed by atoms with Gasteiger partial charge in [-0.1, -0.05) is 26.0 Å². The van der Waals surface area contributed by atoms with Crippen LogP contribution in [0.25, 0.3) is 23.2 Å². The lowest BCUT2D eigenvalue weighted by atomic mass is 10.1. The molecule has 0 N–H and O–H groups in total. The number of hydrogen-bond donors (Lipinski definition) is 0. The largest absolute Gasteiger partial charge is 0.322 e. The predicted molar refractivity (Wildman–Crippen MR) is 94.4 cm³/mol. The predicted octanol–water partition coefficient (Wildman–Crippen LogP) is 4.08. The van der Waals surface area contributed by atoms with E-state index in [-0.39, 0.29) is 11.0 Å². The van der Waals surface area contributed by atoms with Gasteiger partial charge in [-0.15, -0.1) is 11.3 Å². The van der Waals surface area contributed by atoms with Crippen molar-refractivity contribution in [2.24, 2.45) is 0 Å². The Morgan fingerprint density at radius 1 is 1.35 bits per heavy atom.